The van der Waals surface area contributed by atoms with Crippen molar-refractivity contribution in [3.05, 3.63) is 0 Å². The Morgan fingerprint density at radius 3 is 2.58 bits per heavy atom. The number of carbonyl (C=O) groups is 1. The highest BCUT2D eigenvalue weighted by atomic mass is 16.4. The largest absolute Gasteiger partial charge is 0.481 e. The van der Waals surface area contributed by atoms with Crippen LogP contribution in [0.25, 0.3) is 0 Å². The van der Waals surface area contributed by atoms with Gasteiger partial charge in [0, 0.05) is 12.5 Å². The number of rotatable bonds is 3. The average molecular weight is 171 g/mol. The third-order valence-corrected chi connectivity index (χ3v) is 3.25. The van der Waals surface area contributed by atoms with Crippen LogP contribution in [0.3, 0.4) is 0 Å². The lowest BCUT2D eigenvalue weighted by Crippen LogP contribution is -2.54. The molecule has 12 heavy (non-hydrogen) atoms. The molecule has 2 atom stereocenters. The van der Waals surface area contributed by atoms with E-state index in [1.807, 2.05) is 0 Å². The van der Waals surface area contributed by atoms with Crippen molar-refractivity contribution in [3.63, 3.8) is 0 Å². The summed E-state index contributed by atoms with van der Waals surface area (Å²) in [4.78, 5) is 10.3. The SMILES string of the molecule is CC1(C)C(N)CC1CCC(=O)O. The molecule has 0 saturated heterocycles. The van der Waals surface area contributed by atoms with E-state index in [1.165, 1.54) is 0 Å². The number of hydrogen-bond acceptors (Lipinski definition) is 2. The lowest BCUT2D eigenvalue weighted by Gasteiger charge is -2.50. The van der Waals surface area contributed by atoms with E-state index in [9.17, 15) is 4.79 Å². The molecule has 0 amide bonds. The van der Waals surface area contributed by atoms with E-state index in [1.54, 1.807) is 0 Å². The van der Waals surface area contributed by atoms with Crippen LogP contribution in [0.4, 0.5) is 0 Å². The summed E-state index contributed by atoms with van der Waals surface area (Å²) in [5.41, 5.74) is 5.95. The Hall–Kier alpha value is -0.570. The van der Waals surface area contributed by atoms with E-state index in [4.69, 9.17) is 10.8 Å². The van der Waals surface area contributed by atoms with Gasteiger partial charge in [-0.15, -0.1) is 0 Å². The highest BCUT2D eigenvalue weighted by Crippen LogP contribution is 2.47. The molecule has 1 fully saturated rings. The standard InChI is InChI=1S/C9H17NO2/c1-9(2)6(5-7(9)10)3-4-8(11)12/h6-7H,3-5,10H2,1-2H3,(H,11,12). The summed E-state index contributed by atoms with van der Waals surface area (Å²) in [6, 6.07) is 0.260. The Labute approximate surface area is 72.9 Å². The first-order valence-corrected chi connectivity index (χ1v) is 4.42. The highest BCUT2D eigenvalue weighted by molar-refractivity contribution is 5.66. The van der Waals surface area contributed by atoms with E-state index in [-0.39, 0.29) is 17.9 Å². The fourth-order valence-corrected chi connectivity index (χ4v) is 1.84. The zero-order valence-electron chi connectivity index (χ0n) is 7.71. The molecule has 0 aromatic rings. The molecule has 1 rings (SSSR count). The van der Waals surface area contributed by atoms with Crippen molar-refractivity contribution in [1.82, 2.24) is 0 Å². The fourth-order valence-electron chi connectivity index (χ4n) is 1.84. The van der Waals surface area contributed by atoms with Gasteiger partial charge in [-0.05, 0) is 24.2 Å². The Bertz CT molecular complexity index is 189. The van der Waals surface area contributed by atoms with Gasteiger partial charge in [-0.1, -0.05) is 13.8 Å². The first kappa shape index (κ1) is 9.52. The zero-order chi connectivity index (χ0) is 9.35. The molecule has 3 nitrogen and oxygen atoms in total. The van der Waals surface area contributed by atoms with E-state index >= 15 is 0 Å². The van der Waals surface area contributed by atoms with Gasteiger partial charge >= 0.3 is 5.97 Å². The second kappa shape index (κ2) is 3.05. The summed E-state index contributed by atoms with van der Waals surface area (Å²) in [5, 5.41) is 8.49. The van der Waals surface area contributed by atoms with Gasteiger partial charge in [0.25, 0.3) is 0 Å². The molecule has 0 radical (unpaired) electrons. The normalized spacial score (nSPS) is 32.6. The van der Waals surface area contributed by atoms with Crippen LogP contribution < -0.4 is 5.73 Å². The van der Waals surface area contributed by atoms with Gasteiger partial charge in [-0.25, -0.2) is 0 Å². The van der Waals surface area contributed by atoms with Crippen LogP contribution in [0.1, 0.15) is 33.1 Å². The molecule has 0 aromatic carbocycles. The minimum atomic E-state index is -0.703. The number of carboxylic acid groups (broad SMARTS) is 1. The van der Waals surface area contributed by atoms with Crippen LogP contribution in [-0.4, -0.2) is 17.1 Å². The van der Waals surface area contributed by atoms with Crippen molar-refractivity contribution in [2.24, 2.45) is 17.1 Å². The molecule has 0 spiro atoms. The van der Waals surface area contributed by atoms with Crippen molar-refractivity contribution < 1.29 is 9.90 Å². The van der Waals surface area contributed by atoms with E-state index in [0.717, 1.165) is 12.8 Å². The number of hydrogen-bond donors (Lipinski definition) is 2. The van der Waals surface area contributed by atoms with Crippen LogP contribution in [0, 0.1) is 11.3 Å². The van der Waals surface area contributed by atoms with Gasteiger partial charge in [-0.3, -0.25) is 4.79 Å². The molecule has 3 N–H and O–H groups in total. The quantitative estimate of drug-likeness (QED) is 0.671. The molecule has 0 aromatic heterocycles. The summed E-state index contributed by atoms with van der Waals surface area (Å²) in [6.45, 7) is 4.24. The third kappa shape index (κ3) is 1.61. The molecule has 1 aliphatic rings. The van der Waals surface area contributed by atoms with Crippen molar-refractivity contribution in [2.75, 3.05) is 0 Å². The molecule has 70 valence electrons. The second-order valence-corrected chi connectivity index (χ2v) is 4.29. The predicted octanol–water partition coefficient (Wildman–Crippen LogP) is 1.22. The summed E-state index contributed by atoms with van der Waals surface area (Å²) in [6.07, 6.45) is 2.04. The van der Waals surface area contributed by atoms with Crippen LogP contribution in [0.5, 0.6) is 0 Å². The third-order valence-electron chi connectivity index (χ3n) is 3.25. The van der Waals surface area contributed by atoms with Crippen molar-refractivity contribution in [2.45, 2.75) is 39.2 Å². The Balaban J connectivity index is 2.32. The molecule has 0 aliphatic heterocycles. The van der Waals surface area contributed by atoms with Crippen LogP contribution in [0.15, 0.2) is 0 Å². The van der Waals surface area contributed by atoms with Crippen LogP contribution in [0.2, 0.25) is 0 Å². The lowest BCUT2D eigenvalue weighted by atomic mass is 9.57. The summed E-state index contributed by atoms with van der Waals surface area (Å²) < 4.78 is 0. The van der Waals surface area contributed by atoms with Crippen LogP contribution >= 0.6 is 0 Å². The molecule has 0 bridgehead atoms. The first-order valence-electron chi connectivity index (χ1n) is 4.42. The average Bonchev–Trinajstić information content (AvgIpc) is 1.97. The van der Waals surface area contributed by atoms with Gasteiger partial charge in [0.05, 0.1) is 0 Å². The summed E-state index contributed by atoms with van der Waals surface area (Å²) >= 11 is 0. The van der Waals surface area contributed by atoms with E-state index < -0.39 is 5.97 Å². The molecule has 1 saturated carbocycles. The number of nitrogens with two attached hydrogens (primary N) is 1. The Kier molecular flexibility index (Phi) is 2.42. The van der Waals surface area contributed by atoms with Crippen molar-refractivity contribution in [3.8, 4) is 0 Å². The second-order valence-electron chi connectivity index (χ2n) is 4.29. The number of aliphatic carboxylic acids is 1. The fraction of sp³-hybridized carbons (Fsp3) is 0.889. The number of carboxylic acids is 1. The van der Waals surface area contributed by atoms with Gasteiger partial charge in [0.15, 0.2) is 0 Å². The Morgan fingerprint density at radius 1 is 1.67 bits per heavy atom. The van der Waals surface area contributed by atoms with Gasteiger partial charge in [0.2, 0.25) is 0 Å². The Morgan fingerprint density at radius 2 is 2.25 bits per heavy atom. The first-order chi connectivity index (χ1) is 5.44. The summed E-state index contributed by atoms with van der Waals surface area (Å²) in [5.74, 6) is -0.199. The van der Waals surface area contributed by atoms with Gasteiger partial charge in [0.1, 0.15) is 0 Å². The zero-order valence-corrected chi connectivity index (χ0v) is 7.71. The smallest absolute Gasteiger partial charge is 0.303 e. The monoisotopic (exact) mass is 171 g/mol. The topological polar surface area (TPSA) is 63.3 Å². The molecular weight excluding hydrogens is 154 g/mol. The van der Waals surface area contributed by atoms with Crippen LogP contribution in [-0.2, 0) is 4.79 Å². The van der Waals surface area contributed by atoms with E-state index in [2.05, 4.69) is 13.8 Å². The predicted molar refractivity (Wildman–Crippen MR) is 46.7 cm³/mol. The minimum absolute atomic E-state index is 0.148. The maximum Gasteiger partial charge on any atom is 0.303 e. The summed E-state index contributed by atoms with van der Waals surface area (Å²) in [7, 11) is 0. The highest BCUT2D eigenvalue weighted by Gasteiger charge is 2.45. The van der Waals surface area contributed by atoms with Gasteiger partial charge in [-0.2, -0.15) is 0 Å². The minimum Gasteiger partial charge on any atom is -0.481 e. The maximum atomic E-state index is 10.3. The van der Waals surface area contributed by atoms with Crippen molar-refractivity contribution >= 4 is 5.97 Å². The van der Waals surface area contributed by atoms with E-state index in [0.29, 0.717) is 5.92 Å². The molecule has 0 heterocycles. The van der Waals surface area contributed by atoms with Crippen molar-refractivity contribution in [1.29, 1.82) is 0 Å². The lowest BCUT2D eigenvalue weighted by molar-refractivity contribution is -0.138. The molecule has 2 unspecified atom stereocenters. The molecule has 3 heteroatoms. The van der Waals surface area contributed by atoms with Gasteiger partial charge < -0.3 is 10.8 Å². The maximum absolute atomic E-state index is 10.3. The molecular formula is C9H17NO2. The molecule has 1 aliphatic carbocycles.